The third-order valence-corrected chi connectivity index (χ3v) is 3.77. The van der Waals surface area contributed by atoms with Crippen molar-refractivity contribution in [3.8, 4) is 11.6 Å². The maximum absolute atomic E-state index is 11.6. The number of carbonyl (C=O) groups excluding carboxylic acids is 1. The number of rotatable bonds is 4. The van der Waals surface area contributed by atoms with E-state index in [4.69, 9.17) is 8.94 Å². The van der Waals surface area contributed by atoms with E-state index in [9.17, 15) is 4.79 Å². The van der Waals surface area contributed by atoms with Gasteiger partial charge in [0.05, 0.1) is 12.8 Å². The normalized spacial score (nSPS) is 17.0. The summed E-state index contributed by atoms with van der Waals surface area (Å²) >= 11 is 0. The largest absolute Gasteiger partial charge is 0.461 e. The molecule has 2 aromatic rings. The second-order valence-electron chi connectivity index (χ2n) is 5.15. The van der Waals surface area contributed by atoms with Gasteiger partial charge in [-0.05, 0) is 38.1 Å². The molecular formula is C14H18N4O3. The number of piperidine rings is 1. The molecule has 7 nitrogen and oxygen atoms in total. The van der Waals surface area contributed by atoms with Crippen LogP contribution >= 0.6 is 0 Å². The SMILES string of the molecule is CNC(=O)C1CCN(Cc2nc(-c3ccco3)no2)CC1. The molecule has 1 saturated heterocycles. The van der Waals surface area contributed by atoms with Crippen LogP contribution in [0.4, 0.5) is 0 Å². The average molecular weight is 290 g/mol. The van der Waals surface area contributed by atoms with Crippen molar-refractivity contribution in [2.24, 2.45) is 5.92 Å². The molecule has 0 radical (unpaired) electrons. The van der Waals surface area contributed by atoms with Crippen LogP contribution in [0.2, 0.25) is 0 Å². The molecule has 0 bridgehead atoms. The number of likely N-dealkylation sites (tertiary alicyclic amines) is 1. The molecule has 1 aliphatic rings. The van der Waals surface area contributed by atoms with Gasteiger partial charge in [0.2, 0.25) is 17.6 Å². The van der Waals surface area contributed by atoms with Gasteiger partial charge < -0.3 is 14.3 Å². The van der Waals surface area contributed by atoms with E-state index in [1.54, 1.807) is 25.4 Å². The van der Waals surface area contributed by atoms with Crippen LogP contribution in [-0.2, 0) is 11.3 Å². The summed E-state index contributed by atoms with van der Waals surface area (Å²) in [5.41, 5.74) is 0. The van der Waals surface area contributed by atoms with Crippen LogP contribution in [0.15, 0.2) is 27.3 Å². The fraction of sp³-hybridized carbons (Fsp3) is 0.500. The summed E-state index contributed by atoms with van der Waals surface area (Å²) in [6, 6.07) is 3.58. The quantitative estimate of drug-likeness (QED) is 0.913. The number of amides is 1. The van der Waals surface area contributed by atoms with Crippen molar-refractivity contribution in [2.75, 3.05) is 20.1 Å². The van der Waals surface area contributed by atoms with Crippen LogP contribution in [0.3, 0.4) is 0 Å². The molecule has 0 unspecified atom stereocenters. The standard InChI is InChI=1S/C14H18N4O3/c1-15-14(19)10-4-6-18(7-5-10)9-12-16-13(17-21-12)11-3-2-8-20-11/h2-3,8,10H,4-7,9H2,1H3,(H,15,19). The molecule has 0 aromatic carbocycles. The first-order chi connectivity index (χ1) is 10.3. The Balaban J connectivity index is 1.55. The third-order valence-electron chi connectivity index (χ3n) is 3.77. The van der Waals surface area contributed by atoms with Crippen LogP contribution in [0, 0.1) is 5.92 Å². The third kappa shape index (κ3) is 3.13. The lowest BCUT2D eigenvalue weighted by Crippen LogP contribution is -2.39. The Morgan fingerprint density at radius 3 is 2.95 bits per heavy atom. The number of hydrogen-bond acceptors (Lipinski definition) is 6. The number of nitrogens with one attached hydrogen (secondary N) is 1. The Kier molecular flexibility index (Phi) is 4.01. The minimum Gasteiger partial charge on any atom is -0.461 e. The summed E-state index contributed by atoms with van der Waals surface area (Å²) in [6.07, 6.45) is 3.30. The summed E-state index contributed by atoms with van der Waals surface area (Å²) in [5, 5.41) is 6.62. The molecule has 3 heterocycles. The predicted molar refractivity (Wildman–Crippen MR) is 74.1 cm³/mol. The van der Waals surface area contributed by atoms with Gasteiger partial charge in [0, 0.05) is 13.0 Å². The summed E-state index contributed by atoms with van der Waals surface area (Å²) in [5.74, 6) is 1.89. The van der Waals surface area contributed by atoms with Gasteiger partial charge in [0.1, 0.15) is 0 Å². The topological polar surface area (TPSA) is 84.4 Å². The van der Waals surface area contributed by atoms with Crippen molar-refractivity contribution in [1.29, 1.82) is 0 Å². The maximum atomic E-state index is 11.6. The van der Waals surface area contributed by atoms with Gasteiger partial charge in [0.25, 0.3) is 0 Å². The lowest BCUT2D eigenvalue weighted by atomic mass is 9.96. The zero-order valence-electron chi connectivity index (χ0n) is 11.9. The highest BCUT2D eigenvalue weighted by molar-refractivity contribution is 5.78. The molecule has 0 spiro atoms. The van der Waals surface area contributed by atoms with Crippen LogP contribution in [0.1, 0.15) is 18.7 Å². The van der Waals surface area contributed by atoms with E-state index in [-0.39, 0.29) is 11.8 Å². The zero-order chi connectivity index (χ0) is 14.7. The second-order valence-corrected chi connectivity index (χ2v) is 5.15. The van der Waals surface area contributed by atoms with E-state index in [0.717, 1.165) is 25.9 Å². The first-order valence-electron chi connectivity index (χ1n) is 7.06. The van der Waals surface area contributed by atoms with Gasteiger partial charge in [-0.3, -0.25) is 9.69 Å². The number of hydrogen-bond donors (Lipinski definition) is 1. The molecule has 1 fully saturated rings. The van der Waals surface area contributed by atoms with Gasteiger partial charge in [-0.25, -0.2) is 0 Å². The fourth-order valence-corrected chi connectivity index (χ4v) is 2.57. The summed E-state index contributed by atoms with van der Waals surface area (Å²) in [6.45, 7) is 2.32. The summed E-state index contributed by atoms with van der Waals surface area (Å²) < 4.78 is 10.5. The molecule has 0 atom stereocenters. The van der Waals surface area contributed by atoms with E-state index in [1.807, 2.05) is 0 Å². The van der Waals surface area contributed by atoms with Crippen LogP contribution in [-0.4, -0.2) is 41.1 Å². The van der Waals surface area contributed by atoms with Crippen LogP contribution < -0.4 is 5.32 Å². The fourth-order valence-electron chi connectivity index (χ4n) is 2.57. The highest BCUT2D eigenvalue weighted by Gasteiger charge is 2.25. The molecule has 1 N–H and O–H groups in total. The van der Waals surface area contributed by atoms with Crippen molar-refractivity contribution < 1.29 is 13.7 Å². The van der Waals surface area contributed by atoms with Gasteiger partial charge >= 0.3 is 0 Å². The van der Waals surface area contributed by atoms with Crippen LogP contribution in [0.5, 0.6) is 0 Å². The van der Waals surface area contributed by atoms with E-state index in [0.29, 0.717) is 24.0 Å². The zero-order valence-corrected chi connectivity index (χ0v) is 11.9. The first kappa shape index (κ1) is 13.8. The minimum absolute atomic E-state index is 0.118. The smallest absolute Gasteiger partial charge is 0.241 e. The minimum atomic E-state index is 0.118. The van der Waals surface area contributed by atoms with E-state index in [1.165, 1.54) is 0 Å². The van der Waals surface area contributed by atoms with Crippen molar-refractivity contribution in [3.05, 3.63) is 24.3 Å². The number of carbonyl (C=O) groups is 1. The lowest BCUT2D eigenvalue weighted by molar-refractivity contribution is -0.125. The molecule has 0 saturated carbocycles. The highest BCUT2D eigenvalue weighted by Crippen LogP contribution is 2.20. The molecule has 1 amide bonds. The Morgan fingerprint density at radius 1 is 1.48 bits per heavy atom. The van der Waals surface area contributed by atoms with Gasteiger partial charge in [-0.1, -0.05) is 5.16 Å². The number of furan rings is 1. The molecular weight excluding hydrogens is 272 g/mol. The molecule has 0 aliphatic carbocycles. The summed E-state index contributed by atoms with van der Waals surface area (Å²) in [4.78, 5) is 18.1. The Hall–Kier alpha value is -2.15. The highest BCUT2D eigenvalue weighted by atomic mass is 16.5. The summed E-state index contributed by atoms with van der Waals surface area (Å²) in [7, 11) is 1.68. The maximum Gasteiger partial charge on any atom is 0.241 e. The van der Waals surface area contributed by atoms with Crippen molar-refractivity contribution in [3.63, 3.8) is 0 Å². The molecule has 3 rings (SSSR count). The van der Waals surface area contributed by atoms with E-state index in [2.05, 4.69) is 20.4 Å². The van der Waals surface area contributed by atoms with Gasteiger partial charge in [-0.15, -0.1) is 0 Å². The van der Waals surface area contributed by atoms with E-state index >= 15 is 0 Å². The van der Waals surface area contributed by atoms with Gasteiger partial charge in [0.15, 0.2) is 5.76 Å². The van der Waals surface area contributed by atoms with Crippen LogP contribution in [0.25, 0.3) is 11.6 Å². The Morgan fingerprint density at radius 2 is 2.29 bits per heavy atom. The second kappa shape index (κ2) is 6.09. The number of aromatic nitrogens is 2. The first-order valence-corrected chi connectivity index (χ1v) is 7.06. The van der Waals surface area contributed by atoms with Gasteiger partial charge in [-0.2, -0.15) is 4.98 Å². The van der Waals surface area contributed by atoms with Crippen molar-refractivity contribution in [1.82, 2.24) is 20.4 Å². The predicted octanol–water partition coefficient (Wildman–Crippen LogP) is 1.29. The molecule has 2 aromatic heterocycles. The molecule has 7 heteroatoms. The van der Waals surface area contributed by atoms with E-state index < -0.39 is 0 Å². The molecule has 1 aliphatic heterocycles. The van der Waals surface area contributed by atoms with Crippen molar-refractivity contribution in [2.45, 2.75) is 19.4 Å². The average Bonchev–Trinajstić information content (AvgIpc) is 3.18. The molecule has 112 valence electrons. The lowest BCUT2D eigenvalue weighted by Gasteiger charge is -2.29. The van der Waals surface area contributed by atoms with Crippen molar-refractivity contribution >= 4 is 5.91 Å². The Bertz CT molecular complexity index is 585. The monoisotopic (exact) mass is 290 g/mol. The molecule has 21 heavy (non-hydrogen) atoms. The number of nitrogens with zero attached hydrogens (tertiary/aromatic N) is 3. The Labute approximate surface area is 122 Å².